The van der Waals surface area contributed by atoms with Crippen LogP contribution in [-0.2, 0) is 6.18 Å². The number of piperazine rings is 1. The van der Waals surface area contributed by atoms with Gasteiger partial charge in [-0.3, -0.25) is 9.78 Å². The third-order valence-corrected chi connectivity index (χ3v) is 7.28. The summed E-state index contributed by atoms with van der Waals surface area (Å²) in [5, 5.41) is 8.77. The molecule has 2 saturated heterocycles. The minimum Gasteiger partial charge on any atom is -0.329 e. The topological polar surface area (TPSA) is 60.8 Å². The first-order valence-electron chi connectivity index (χ1n) is 9.97. The lowest BCUT2D eigenvalue weighted by molar-refractivity contribution is -0.141. The van der Waals surface area contributed by atoms with Crippen LogP contribution in [0.3, 0.4) is 0 Å². The quantitative estimate of drug-likeness (QED) is 0.719. The Morgan fingerprint density at radius 3 is 2.81 bits per heavy atom. The second kappa shape index (κ2) is 7.46. The van der Waals surface area contributed by atoms with Crippen LogP contribution < -0.4 is 5.32 Å². The molecule has 2 bridgehead atoms. The van der Waals surface area contributed by atoms with Gasteiger partial charge in [-0.15, -0.1) is 16.4 Å². The van der Waals surface area contributed by atoms with Gasteiger partial charge in [0.1, 0.15) is 6.17 Å². The van der Waals surface area contributed by atoms with E-state index >= 15 is 0 Å². The number of hydrazone groups is 1. The number of amidine groups is 1. The van der Waals surface area contributed by atoms with E-state index < -0.39 is 29.0 Å². The third kappa shape index (κ3) is 3.50. The van der Waals surface area contributed by atoms with E-state index in [4.69, 9.17) is 11.6 Å². The van der Waals surface area contributed by atoms with Crippen molar-refractivity contribution in [2.75, 3.05) is 6.54 Å². The third-order valence-electron chi connectivity index (χ3n) is 5.90. The molecule has 31 heavy (non-hydrogen) atoms. The molecule has 0 spiro atoms. The highest BCUT2D eigenvalue weighted by Crippen LogP contribution is 2.38. The number of alkyl halides is 3. The fourth-order valence-electron chi connectivity index (χ4n) is 4.57. The summed E-state index contributed by atoms with van der Waals surface area (Å²) in [5.41, 5.74) is -1.53. The number of aromatic nitrogens is 1. The fourth-order valence-corrected chi connectivity index (χ4v) is 5.74. The first-order valence-corrected chi connectivity index (χ1v) is 11.2. The van der Waals surface area contributed by atoms with Crippen molar-refractivity contribution in [2.45, 2.75) is 50.6 Å². The lowest BCUT2D eigenvalue weighted by Gasteiger charge is -2.47. The number of nitrogens with one attached hydrogen (secondary N) is 1. The molecule has 1 amide bonds. The van der Waals surface area contributed by atoms with Crippen LogP contribution in [-0.4, -0.2) is 51.4 Å². The zero-order valence-corrected chi connectivity index (χ0v) is 18.1. The van der Waals surface area contributed by atoms with Crippen molar-refractivity contribution >= 4 is 34.7 Å². The van der Waals surface area contributed by atoms with Crippen molar-refractivity contribution in [1.82, 2.24) is 20.2 Å². The van der Waals surface area contributed by atoms with Gasteiger partial charge in [-0.1, -0.05) is 18.0 Å². The number of hydrogen-bond donors (Lipinski definition) is 1. The lowest BCUT2D eigenvalue weighted by Crippen LogP contribution is -2.67. The van der Waals surface area contributed by atoms with E-state index in [1.54, 1.807) is 11.3 Å². The first kappa shape index (κ1) is 20.7. The van der Waals surface area contributed by atoms with Gasteiger partial charge in [-0.25, -0.2) is 5.01 Å². The summed E-state index contributed by atoms with van der Waals surface area (Å²) < 4.78 is 39.8. The van der Waals surface area contributed by atoms with Gasteiger partial charge in [0.15, 0.2) is 11.5 Å². The molecule has 2 aromatic heterocycles. The summed E-state index contributed by atoms with van der Waals surface area (Å²) >= 11 is 7.57. The van der Waals surface area contributed by atoms with Crippen molar-refractivity contribution in [3.8, 4) is 0 Å². The predicted molar refractivity (Wildman–Crippen MR) is 111 cm³/mol. The number of thiophene rings is 1. The Labute approximate surface area is 185 Å². The molecule has 3 atom stereocenters. The van der Waals surface area contributed by atoms with Crippen LogP contribution >= 0.6 is 22.9 Å². The molecule has 0 aliphatic carbocycles. The van der Waals surface area contributed by atoms with E-state index in [9.17, 15) is 18.0 Å². The average molecular weight is 470 g/mol. The van der Waals surface area contributed by atoms with Crippen molar-refractivity contribution in [1.29, 1.82) is 0 Å². The van der Waals surface area contributed by atoms with E-state index in [-0.39, 0.29) is 17.6 Å². The number of amides is 1. The molecule has 5 rings (SSSR count). The number of piperidine rings is 1. The summed E-state index contributed by atoms with van der Waals surface area (Å²) in [6.07, 6.45) is -1.30. The lowest BCUT2D eigenvalue weighted by atomic mass is 9.91. The van der Waals surface area contributed by atoms with Gasteiger partial charge in [-0.05, 0) is 38.0 Å². The van der Waals surface area contributed by atoms with Gasteiger partial charge in [0.2, 0.25) is 0 Å². The summed E-state index contributed by atoms with van der Waals surface area (Å²) in [6.45, 7) is 2.67. The molecule has 2 fully saturated rings. The zero-order chi connectivity index (χ0) is 21.9. The standard InChI is InChI=1S/C20H19ClF3N5OS/c1-10-5-6-14(31-10)17-27-29(18-13-4-2-3-11(26-13)9-28(17)18)19(30)12-7-8-25-16(15(12)21)20(22,23)24/h5-8,11,13,18,26H,2-4,9H2,1H3. The maximum atomic E-state index is 13.4. The molecule has 5 heterocycles. The van der Waals surface area contributed by atoms with Crippen LogP contribution in [0, 0.1) is 6.92 Å². The zero-order valence-electron chi connectivity index (χ0n) is 16.5. The summed E-state index contributed by atoms with van der Waals surface area (Å²) in [6, 6.07) is 5.43. The van der Waals surface area contributed by atoms with Gasteiger partial charge in [-0.2, -0.15) is 13.2 Å². The smallest absolute Gasteiger partial charge is 0.329 e. The molecule has 3 aliphatic heterocycles. The van der Waals surface area contributed by atoms with Gasteiger partial charge in [0, 0.05) is 29.7 Å². The number of halogens is 4. The molecule has 11 heteroatoms. The summed E-state index contributed by atoms with van der Waals surface area (Å²) in [7, 11) is 0. The van der Waals surface area contributed by atoms with Crippen molar-refractivity contribution in [3.05, 3.63) is 50.4 Å². The van der Waals surface area contributed by atoms with Gasteiger partial charge >= 0.3 is 6.18 Å². The number of carbonyl (C=O) groups is 1. The van der Waals surface area contributed by atoms with E-state index in [0.717, 1.165) is 35.2 Å². The van der Waals surface area contributed by atoms with E-state index in [1.807, 2.05) is 19.1 Å². The number of pyridine rings is 1. The minimum absolute atomic E-state index is 0.0264. The minimum atomic E-state index is -4.75. The second-order valence-corrected chi connectivity index (χ2v) is 9.64. The average Bonchev–Trinajstić information content (AvgIpc) is 3.30. The highest BCUT2D eigenvalue weighted by atomic mass is 35.5. The maximum absolute atomic E-state index is 13.4. The monoisotopic (exact) mass is 469 g/mol. The molecular formula is C20H19ClF3N5OS. The second-order valence-electron chi connectivity index (χ2n) is 7.97. The van der Waals surface area contributed by atoms with Gasteiger partial charge in [0.25, 0.3) is 5.91 Å². The molecule has 6 nitrogen and oxygen atoms in total. The molecular weight excluding hydrogens is 451 g/mol. The van der Waals surface area contributed by atoms with E-state index in [0.29, 0.717) is 12.4 Å². The Morgan fingerprint density at radius 2 is 2.10 bits per heavy atom. The fraction of sp³-hybridized carbons (Fsp3) is 0.450. The van der Waals surface area contributed by atoms with Crippen LogP contribution in [0.2, 0.25) is 5.02 Å². The van der Waals surface area contributed by atoms with Crippen molar-refractivity contribution < 1.29 is 18.0 Å². The molecule has 2 aromatic rings. The molecule has 3 aliphatic rings. The van der Waals surface area contributed by atoms with Crippen LogP contribution in [0.25, 0.3) is 0 Å². The molecule has 3 unspecified atom stereocenters. The van der Waals surface area contributed by atoms with Crippen molar-refractivity contribution in [3.63, 3.8) is 0 Å². The number of rotatable bonds is 2. The van der Waals surface area contributed by atoms with Crippen molar-refractivity contribution in [2.24, 2.45) is 5.10 Å². The van der Waals surface area contributed by atoms with Crippen LogP contribution in [0.1, 0.15) is 45.1 Å². The number of aryl methyl sites for hydroxylation is 1. The molecule has 164 valence electrons. The Kier molecular flexibility index (Phi) is 4.98. The Bertz CT molecular complexity index is 1070. The van der Waals surface area contributed by atoms with Crippen LogP contribution in [0.15, 0.2) is 29.5 Å². The Morgan fingerprint density at radius 1 is 1.29 bits per heavy atom. The molecule has 0 aromatic carbocycles. The van der Waals surface area contributed by atoms with Crippen LogP contribution in [0.5, 0.6) is 0 Å². The van der Waals surface area contributed by atoms with E-state index in [1.165, 1.54) is 11.1 Å². The predicted octanol–water partition coefficient (Wildman–Crippen LogP) is 4.09. The number of fused-ring (bicyclic) bond motifs is 4. The number of hydrogen-bond acceptors (Lipinski definition) is 6. The highest BCUT2D eigenvalue weighted by Gasteiger charge is 2.49. The number of carbonyl (C=O) groups excluding carboxylic acids is 1. The molecule has 1 N–H and O–H groups in total. The number of nitrogens with zero attached hydrogens (tertiary/aromatic N) is 4. The largest absolute Gasteiger partial charge is 0.434 e. The van der Waals surface area contributed by atoms with Crippen LogP contribution in [0.4, 0.5) is 13.2 Å². The SMILES string of the molecule is Cc1ccc(C2=NN(C(=O)c3ccnc(C(F)(F)F)c3Cl)C3C4CCCC(CN23)N4)s1. The maximum Gasteiger partial charge on any atom is 0.434 e. The Balaban J connectivity index is 1.57. The summed E-state index contributed by atoms with van der Waals surface area (Å²) in [4.78, 5) is 20.9. The van der Waals surface area contributed by atoms with Gasteiger partial charge < -0.3 is 10.2 Å². The molecule has 0 radical (unpaired) electrons. The summed E-state index contributed by atoms with van der Waals surface area (Å²) in [5.74, 6) is 0.0121. The van der Waals surface area contributed by atoms with E-state index in [2.05, 4.69) is 20.3 Å². The normalized spacial score (nSPS) is 25.5. The highest BCUT2D eigenvalue weighted by molar-refractivity contribution is 7.14. The van der Waals surface area contributed by atoms with Gasteiger partial charge in [0.05, 0.1) is 15.5 Å². The Hall–Kier alpha value is -2.17. The molecule has 0 saturated carbocycles. The first-order chi connectivity index (χ1) is 14.7.